The molecule has 0 spiro atoms. The van der Waals surface area contributed by atoms with Gasteiger partial charge in [-0.2, -0.15) is 0 Å². The van der Waals surface area contributed by atoms with Crippen LogP contribution in [-0.4, -0.2) is 17.0 Å². The Balaban J connectivity index is 1.85. The molecular weight excluding hydrogens is 277 g/mol. The Morgan fingerprint density at radius 3 is 2.73 bits per heavy atom. The minimum Gasteiger partial charge on any atom is -0.299 e. The quantitative estimate of drug-likeness (QED) is 0.809. The first-order valence-corrected chi connectivity index (χ1v) is 8.35. The van der Waals surface area contributed by atoms with Crippen molar-refractivity contribution in [3.63, 3.8) is 0 Å². The molecule has 22 heavy (non-hydrogen) atoms. The molecule has 0 saturated heterocycles. The van der Waals surface area contributed by atoms with Crippen LogP contribution in [0.15, 0.2) is 23.2 Å². The van der Waals surface area contributed by atoms with Crippen LogP contribution in [0.4, 0.5) is 4.39 Å². The van der Waals surface area contributed by atoms with Crippen LogP contribution in [0.25, 0.3) is 0 Å². The number of hydrogen-bond acceptors (Lipinski definition) is 2. The molecule has 1 aromatic carbocycles. The number of carbonyl (C=O) groups excluding carboxylic acids is 1. The number of rotatable bonds is 3. The molecule has 0 N–H and O–H groups in total. The molecule has 1 aliphatic carbocycles. The van der Waals surface area contributed by atoms with Crippen molar-refractivity contribution in [3.8, 4) is 0 Å². The first-order chi connectivity index (χ1) is 10.4. The monoisotopic (exact) mass is 301 g/mol. The maximum atomic E-state index is 13.5. The zero-order valence-electron chi connectivity index (χ0n) is 13.5. The maximum absolute atomic E-state index is 13.5. The zero-order chi connectivity index (χ0) is 15.7. The number of fused-ring (bicyclic) bond motifs is 1. The molecule has 1 aromatic rings. The molecule has 1 saturated carbocycles. The van der Waals surface area contributed by atoms with Gasteiger partial charge in [-0.05, 0) is 62.4 Å². The number of carbonyl (C=O) groups is 1. The van der Waals surface area contributed by atoms with E-state index < -0.39 is 0 Å². The molecule has 0 radical (unpaired) electrons. The third-order valence-electron chi connectivity index (χ3n) is 4.84. The Labute approximate surface area is 131 Å². The van der Waals surface area contributed by atoms with E-state index in [1.54, 1.807) is 12.1 Å². The van der Waals surface area contributed by atoms with Crippen LogP contribution < -0.4 is 0 Å². The highest BCUT2D eigenvalue weighted by Gasteiger charge is 2.30. The highest BCUT2D eigenvalue weighted by atomic mass is 19.1. The van der Waals surface area contributed by atoms with Gasteiger partial charge < -0.3 is 0 Å². The fourth-order valence-corrected chi connectivity index (χ4v) is 3.79. The van der Waals surface area contributed by atoms with E-state index >= 15 is 0 Å². The van der Waals surface area contributed by atoms with Gasteiger partial charge in [-0.25, -0.2) is 4.39 Å². The van der Waals surface area contributed by atoms with E-state index in [-0.39, 0.29) is 17.3 Å². The summed E-state index contributed by atoms with van der Waals surface area (Å²) in [5.41, 5.74) is 2.53. The average Bonchev–Trinajstić information content (AvgIpc) is 2.46. The van der Waals surface area contributed by atoms with E-state index in [0.29, 0.717) is 12.2 Å². The van der Waals surface area contributed by atoms with Crippen molar-refractivity contribution < 1.29 is 9.18 Å². The van der Waals surface area contributed by atoms with Gasteiger partial charge >= 0.3 is 0 Å². The SMILES string of the molecule is CC1(C)Cc2cc(F)ccc2C(CC(=O)C2CCCCC2)=N1. The molecular formula is C19H24FNO. The third-order valence-corrected chi connectivity index (χ3v) is 4.84. The van der Waals surface area contributed by atoms with E-state index in [2.05, 4.69) is 0 Å². The number of aliphatic imine (C=N–C) groups is 1. The van der Waals surface area contributed by atoms with E-state index in [1.807, 2.05) is 13.8 Å². The predicted octanol–water partition coefficient (Wildman–Crippen LogP) is 4.49. The zero-order valence-corrected chi connectivity index (χ0v) is 13.5. The van der Waals surface area contributed by atoms with Crippen LogP contribution in [0.1, 0.15) is 63.5 Å². The van der Waals surface area contributed by atoms with E-state index in [4.69, 9.17) is 4.99 Å². The van der Waals surface area contributed by atoms with Crippen molar-refractivity contribution in [2.24, 2.45) is 10.9 Å². The minimum atomic E-state index is -0.261. The highest BCUT2D eigenvalue weighted by Crippen LogP contribution is 2.31. The Morgan fingerprint density at radius 2 is 2.00 bits per heavy atom. The van der Waals surface area contributed by atoms with Crippen LogP contribution in [0.2, 0.25) is 0 Å². The first-order valence-electron chi connectivity index (χ1n) is 8.35. The largest absolute Gasteiger partial charge is 0.299 e. The summed E-state index contributed by atoms with van der Waals surface area (Å²) < 4.78 is 13.5. The van der Waals surface area contributed by atoms with Crippen molar-refractivity contribution in [1.82, 2.24) is 0 Å². The molecule has 1 heterocycles. The summed E-state index contributed by atoms with van der Waals surface area (Å²) >= 11 is 0. The molecule has 0 aromatic heterocycles. The third kappa shape index (κ3) is 3.29. The maximum Gasteiger partial charge on any atom is 0.141 e. The molecule has 2 aliphatic rings. The second kappa shape index (κ2) is 5.94. The van der Waals surface area contributed by atoms with Crippen LogP contribution in [-0.2, 0) is 11.2 Å². The minimum absolute atomic E-state index is 0.199. The topological polar surface area (TPSA) is 29.4 Å². The van der Waals surface area contributed by atoms with Gasteiger partial charge in [-0.1, -0.05) is 19.3 Å². The molecule has 0 atom stereocenters. The van der Waals surface area contributed by atoms with Crippen LogP contribution >= 0.6 is 0 Å². The summed E-state index contributed by atoms with van der Waals surface area (Å²) in [4.78, 5) is 17.4. The molecule has 0 bridgehead atoms. The summed E-state index contributed by atoms with van der Waals surface area (Å²) in [5, 5.41) is 0. The van der Waals surface area contributed by atoms with Crippen LogP contribution in [0.5, 0.6) is 0 Å². The summed E-state index contributed by atoms with van der Waals surface area (Å²) in [7, 11) is 0. The Morgan fingerprint density at radius 1 is 1.27 bits per heavy atom. The smallest absolute Gasteiger partial charge is 0.141 e. The number of benzene rings is 1. The molecule has 2 nitrogen and oxygen atoms in total. The molecule has 1 fully saturated rings. The highest BCUT2D eigenvalue weighted by molar-refractivity contribution is 6.13. The molecule has 0 unspecified atom stereocenters. The lowest BCUT2D eigenvalue weighted by Gasteiger charge is -2.30. The fraction of sp³-hybridized carbons (Fsp3) is 0.579. The van der Waals surface area contributed by atoms with Gasteiger partial charge in [0, 0.05) is 12.3 Å². The number of hydrogen-bond donors (Lipinski definition) is 0. The second-order valence-electron chi connectivity index (χ2n) is 7.33. The Hall–Kier alpha value is -1.51. The summed E-state index contributed by atoms with van der Waals surface area (Å²) in [5.74, 6) is 0.297. The summed E-state index contributed by atoms with van der Waals surface area (Å²) in [6, 6.07) is 4.85. The normalized spacial score (nSPS) is 21.1. The average molecular weight is 301 g/mol. The van der Waals surface area contributed by atoms with Crippen molar-refractivity contribution in [2.75, 3.05) is 0 Å². The fourth-order valence-electron chi connectivity index (χ4n) is 3.79. The summed E-state index contributed by atoms with van der Waals surface area (Å²) in [6.45, 7) is 4.10. The second-order valence-corrected chi connectivity index (χ2v) is 7.33. The van der Waals surface area contributed by atoms with Crippen LogP contribution in [0.3, 0.4) is 0 Å². The summed E-state index contributed by atoms with van der Waals surface area (Å²) in [6.07, 6.45) is 6.73. The van der Waals surface area contributed by atoms with Crippen LogP contribution in [0, 0.1) is 11.7 Å². The van der Waals surface area contributed by atoms with Crippen molar-refractivity contribution in [3.05, 3.63) is 35.1 Å². The van der Waals surface area contributed by atoms with Crippen molar-refractivity contribution >= 4 is 11.5 Å². The van der Waals surface area contributed by atoms with Gasteiger partial charge in [-0.15, -0.1) is 0 Å². The van der Waals surface area contributed by atoms with Gasteiger partial charge in [-0.3, -0.25) is 9.79 Å². The molecule has 118 valence electrons. The van der Waals surface area contributed by atoms with Gasteiger partial charge in [0.15, 0.2) is 0 Å². The number of halogens is 1. The van der Waals surface area contributed by atoms with Gasteiger partial charge in [0.2, 0.25) is 0 Å². The van der Waals surface area contributed by atoms with Gasteiger partial charge in [0.25, 0.3) is 0 Å². The first kappa shape index (κ1) is 15.4. The molecule has 0 amide bonds. The molecule has 3 heteroatoms. The predicted molar refractivity (Wildman–Crippen MR) is 86.9 cm³/mol. The lowest BCUT2D eigenvalue weighted by Crippen LogP contribution is -2.31. The van der Waals surface area contributed by atoms with E-state index in [1.165, 1.54) is 12.5 Å². The Kier molecular flexibility index (Phi) is 4.16. The van der Waals surface area contributed by atoms with Gasteiger partial charge in [0.1, 0.15) is 11.6 Å². The number of ketones is 1. The van der Waals surface area contributed by atoms with E-state index in [9.17, 15) is 9.18 Å². The number of Topliss-reactive ketones (excluding diaryl/α,β-unsaturated/α-hetero) is 1. The van der Waals surface area contributed by atoms with Crippen molar-refractivity contribution in [1.29, 1.82) is 0 Å². The Bertz CT molecular complexity index is 612. The molecule has 3 rings (SSSR count). The van der Waals surface area contributed by atoms with Crippen molar-refractivity contribution in [2.45, 2.75) is 64.3 Å². The lowest BCUT2D eigenvalue weighted by molar-refractivity contribution is -0.122. The lowest BCUT2D eigenvalue weighted by atomic mass is 9.81. The molecule has 1 aliphatic heterocycles. The standard InChI is InChI=1S/C19H24FNO/c1-19(2)12-14-10-15(20)8-9-16(14)17(21-19)11-18(22)13-6-4-3-5-7-13/h8-10,13H,3-7,11-12H2,1-2H3. The van der Waals surface area contributed by atoms with E-state index in [0.717, 1.165) is 48.9 Å². The number of nitrogens with zero attached hydrogens (tertiary/aromatic N) is 1. The van der Waals surface area contributed by atoms with Gasteiger partial charge in [0.05, 0.1) is 11.3 Å².